The average Bonchev–Trinajstić information content (AvgIpc) is 2.47. The van der Waals surface area contributed by atoms with Gasteiger partial charge in [-0.3, -0.25) is 0 Å². The van der Waals surface area contributed by atoms with Crippen LogP contribution in [-0.2, 0) is 0 Å². The zero-order valence-corrected chi connectivity index (χ0v) is 13.2. The standard InChI is InChI=1S/C17H28N2O/c1-5-13-9-10-16(18-2)17(11-13)20-15-8-6-7-14(12-15)19(3)4/h6-8,12-13,16-18H,5,9-11H2,1-4H3. The number of hydrogen-bond acceptors (Lipinski definition) is 3. The first kappa shape index (κ1) is 15.2. The van der Waals surface area contributed by atoms with Gasteiger partial charge in [0, 0.05) is 31.9 Å². The van der Waals surface area contributed by atoms with Gasteiger partial charge in [-0.15, -0.1) is 0 Å². The molecule has 1 fully saturated rings. The summed E-state index contributed by atoms with van der Waals surface area (Å²) in [6.07, 6.45) is 5.24. The van der Waals surface area contributed by atoms with Crippen LogP contribution < -0.4 is 15.0 Å². The predicted molar refractivity (Wildman–Crippen MR) is 85.7 cm³/mol. The molecule has 3 nitrogen and oxygen atoms in total. The number of rotatable bonds is 5. The Morgan fingerprint density at radius 2 is 2.10 bits per heavy atom. The maximum Gasteiger partial charge on any atom is 0.121 e. The van der Waals surface area contributed by atoms with Crippen LogP contribution in [0.25, 0.3) is 0 Å². The van der Waals surface area contributed by atoms with Crippen molar-refractivity contribution in [1.82, 2.24) is 5.32 Å². The molecule has 0 bridgehead atoms. The monoisotopic (exact) mass is 276 g/mol. The van der Waals surface area contributed by atoms with Gasteiger partial charge >= 0.3 is 0 Å². The number of ether oxygens (including phenoxy) is 1. The lowest BCUT2D eigenvalue weighted by Gasteiger charge is -2.36. The molecular formula is C17H28N2O. The third kappa shape index (κ3) is 3.66. The Morgan fingerprint density at radius 1 is 1.30 bits per heavy atom. The molecule has 3 heteroatoms. The Balaban J connectivity index is 2.07. The molecule has 0 heterocycles. The second-order valence-corrected chi connectivity index (χ2v) is 6.03. The molecule has 3 unspecified atom stereocenters. The van der Waals surface area contributed by atoms with Gasteiger partial charge in [-0.1, -0.05) is 19.4 Å². The van der Waals surface area contributed by atoms with Crippen molar-refractivity contribution in [3.05, 3.63) is 24.3 Å². The van der Waals surface area contributed by atoms with Crippen molar-refractivity contribution in [2.45, 2.75) is 44.8 Å². The lowest BCUT2D eigenvalue weighted by atomic mass is 9.82. The van der Waals surface area contributed by atoms with Crippen molar-refractivity contribution in [2.75, 3.05) is 26.0 Å². The zero-order valence-electron chi connectivity index (χ0n) is 13.2. The second kappa shape index (κ2) is 6.98. The van der Waals surface area contributed by atoms with Crippen LogP contribution in [0.3, 0.4) is 0 Å². The predicted octanol–water partition coefficient (Wildman–Crippen LogP) is 3.30. The van der Waals surface area contributed by atoms with Crippen LogP contribution in [0.1, 0.15) is 32.6 Å². The molecule has 1 aliphatic carbocycles. The van der Waals surface area contributed by atoms with Crippen molar-refractivity contribution in [3.63, 3.8) is 0 Å². The van der Waals surface area contributed by atoms with Gasteiger partial charge in [0.2, 0.25) is 0 Å². The van der Waals surface area contributed by atoms with Crippen molar-refractivity contribution in [2.24, 2.45) is 5.92 Å². The molecule has 0 aliphatic heterocycles. The first-order chi connectivity index (χ1) is 9.63. The number of nitrogens with one attached hydrogen (secondary N) is 1. The maximum atomic E-state index is 6.29. The molecule has 0 aromatic heterocycles. The van der Waals surface area contributed by atoms with Gasteiger partial charge in [0.15, 0.2) is 0 Å². The van der Waals surface area contributed by atoms with Crippen LogP contribution in [-0.4, -0.2) is 33.3 Å². The molecule has 1 saturated carbocycles. The van der Waals surface area contributed by atoms with Gasteiger partial charge in [-0.25, -0.2) is 0 Å². The lowest BCUT2D eigenvalue weighted by molar-refractivity contribution is 0.0883. The largest absolute Gasteiger partial charge is 0.489 e. The molecule has 0 amide bonds. The molecule has 20 heavy (non-hydrogen) atoms. The van der Waals surface area contributed by atoms with Gasteiger partial charge in [-0.2, -0.15) is 0 Å². The smallest absolute Gasteiger partial charge is 0.121 e. The quantitative estimate of drug-likeness (QED) is 0.893. The molecule has 2 rings (SSSR count). The first-order valence-corrected chi connectivity index (χ1v) is 7.75. The van der Waals surface area contributed by atoms with Gasteiger partial charge < -0.3 is 15.0 Å². The second-order valence-electron chi connectivity index (χ2n) is 6.03. The number of hydrogen-bond donors (Lipinski definition) is 1. The highest BCUT2D eigenvalue weighted by Gasteiger charge is 2.30. The van der Waals surface area contributed by atoms with Gasteiger partial charge in [-0.05, 0) is 44.4 Å². The minimum absolute atomic E-state index is 0.288. The normalized spacial score (nSPS) is 26.3. The Labute approximate surface area is 123 Å². The Bertz CT molecular complexity index is 419. The highest BCUT2D eigenvalue weighted by molar-refractivity contribution is 5.49. The van der Waals surface area contributed by atoms with Crippen molar-refractivity contribution in [1.29, 1.82) is 0 Å². The number of benzene rings is 1. The fourth-order valence-corrected chi connectivity index (χ4v) is 3.05. The SMILES string of the molecule is CCC1CCC(NC)C(Oc2cccc(N(C)C)c2)C1. The third-order valence-electron chi connectivity index (χ3n) is 4.47. The Morgan fingerprint density at radius 3 is 2.75 bits per heavy atom. The fraction of sp³-hybridized carbons (Fsp3) is 0.647. The highest BCUT2D eigenvalue weighted by atomic mass is 16.5. The van der Waals surface area contributed by atoms with Crippen LogP contribution in [0, 0.1) is 5.92 Å². The summed E-state index contributed by atoms with van der Waals surface area (Å²) in [6, 6.07) is 8.84. The van der Waals surface area contributed by atoms with E-state index >= 15 is 0 Å². The van der Waals surface area contributed by atoms with Crippen LogP contribution in [0.2, 0.25) is 0 Å². The summed E-state index contributed by atoms with van der Waals surface area (Å²) in [4.78, 5) is 2.11. The third-order valence-corrected chi connectivity index (χ3v) is 4.47. The number of nitrogens with zero attached hydrogens (tertiary/aromatic N) is 1. The van der Waals surface area contributed by atoms with E-state index in [1.165, 1.54) is 24.9 Å². The lowest BCUT2D eigenvalue weighted by Crippen LogP contribution is -2.45. The number of anilines is 1. The molecule has 0 radical (unpaired) electrons. The molecule has 1 aliphatic rings. The summed E-state index contributed by atoms with van der Waals surface area (Å²) in [5.74, 6) is 1.79. The molecule has 1 aromatic carbocycles. The topological polar surface area (TPSA) is 24.5 Å². The summed E-state index contributed by atoms with van der Waals surface area (Å²) in [7, 11) is 6.16. The van der Waals surface area contributed by atoms with E-state index in [2.05, 4.69) is 55.5 Å². The Kier molecular flexibility index (Phi) is 5.30. The van der Waals surface area contributed by atoms with Crippen LogP contribution in [0.5, 0.6) is 5.75 Å². The molecule has 1 aromatic rings. The van der Waals surface area contributed by atoms with Crippen molar-refractivity contribution >= 4 is 5.69 Å². The van der Waals surface area contributed by atoms with Crippen LogP contribution in [0.15, 0.2) is 24.3 Å². The van der Waals surface area contributed by atoms with Crippen molar-refractivity contribution < 1.29 is 4.74 Å². The van der Waals surface area contributed by atoms with Gasteiger partial charge in [0.1, 0.15) is 11.9 Å². The van der Waals surface area contributed by atoms with Crippen LogP contribution >= 0.6 is 0 Å². The van der Waals surface area contributed by atoms with E-state index in [0.717, 1.165) is 18.1 Å². The van der Waals surface area contributed by atoms with E-state index in [4.69, 9.17) is 4.74 Å². The Hall–Kier alpha value is -1.22. The maximum absolute atomic E-state index is 6.29. The van der Waals surface area contributed by atoms with Gasteiger partial charge in [0.05, 0.1) is 0 Å². The van der Waals surface area contributed by atoms with Gasteiger partial charge in [0.25, 0.3) is 0 Å². The van der Waals surface area contributed by atoms with E-state index in [0.29, 0.717) is 6.04 Å². The molecule has 0 spiro atoms. The summed E-state index contributed by atoms with van der Waals surface area (Å²) < 4.78 is 6.29. The highest BCUT2D eigenvalue weighted by Crippen LogP contribution is 2.30. The molecular weight excluding hydrogens is 248 g/mol. The van der Waals surface area contributed by atoms with E-state index in [-0.39, 0.29) is 6.10 Å². The molecule has 1 N–H and O–H groups in total. The molecule has 0 saturated heterocycles. The van der Waals surface area contributed by atoms with Crippen LogP contribution in [0.4, 0.5) is 5.69 Å². The average molecular weight is 276 g/mol. The summed E-state index contributed by atoms with van der Waals surface area (Å²) >= 11 is 0. The van der Waals surface area contributed by atoms with E-state index in [9.17, 15) is 0 Å². The summed E-state index contributed by atoms with van der Waals surface area (Å²) in [6.45, 7) is 2.29. The van der Waals surface area contributed by atoms with E-state index in [1.807, 2.05) is 7.05 Å². The van der Waals surface area contributed by atoms with E-state index in [1.54, 1.807) is 0 Å². The summed E-state index contributed by atoms with van der Waals surface area (Å²) in [5, 5.41) is 3.42. The molecule has 3 atom stereocenters. The summed E-state index contributed by atoms with van der Waals surface area (Å²) in [5.41, 5.74) is 1.19. The minimum atomic E-state index is 0.288. The van der Waals surface area contributed by atoms with E-state index < -0.39 is 0 Å². The fourth-order valence-electron chi connectivity index (χ4n) is 3.05. The first-order valence-electron chi connectivity index (χ1n) is 7.75. The molecule has 112 valence electrons. The zero-order chi connectivity index (χ0) is 14.5. The van der Waals surface area contributed by atoms with Crippen molar-refractivity contribution in [3.8, 4) is 5.75 Å². The number of likely N-dealkylation sites (N-methyl/N-ethyl adjacent to an activating group) is 1. The minimum Gasteiger partial charge on any atom is -0.489 e.